The fourth-order valence-corrected chi connectivity index (χ4v) is 4.25. The number of carbonyl (C=O) groups is 1. The molecule has 0 spiro atoms. The molecule has 1 aromatic carbocycles. The maximum absolute atomic E-state index is 13.7. The number of nitrogen functional groups attached to an aromatic ring is 1. The number of piperidine rings is 1. The van der Waals surface area contributed by atoms with Crippen LogP contribution in [0.1, 0.15) is 42.6 Å². The molecule has 1 aromatic heterocycles. The molecule has 1 aliphatic heterocycles. The normalized spacial score (nSPS) is 22.8. The molecule has 9 heteroatoms. The average Bonchev–Trinajstić information content (AvgIpc) is 3.11. The highest BCUT2D eigenvalue weighted by molar-refractivity contribution is 6.03. The first-order chi connectivity index (χ1) is 15.3. The average molecular weight is 436 g/mol. The van der Waals surface area contributed by atoms with E-state index in [0.29, 0.717) is 30.1 Å². The summed E-state index contributed by atoms with van der Waals surface area (Å²) in [5.74, 6) is -0.157. The first kappa shape index (κ1) is 21.4. The first-order valence-corrected chi connectivity index (χ1v) is 10.5. The first-order valence-electron chi connectivity index (χ1n) is 10.5. The van der Waals surface area contributed by atoms with E-state index in [1.54, 1.807) is 39.9 Å². The van der Waals surface area contributed by atoms with Crippen LogP contribution in [-0.2, 0) is 0 Å². The molecule has 0 bridgehead atoms. The Kier molecular flexibility index (Phi) is 5.61. The van der Waals surface area contributed by atoms with Gasteiger partial charge in [0.25, 0.3) is 5.91 Å². The van der Waals surface area contributed by atoms with Gasteiger partial charge < -0.3 is 21.1 Å². The molecule has 1 fully saturated rings. The molecular formula is C23H25FN6O2. The molecule has 4 N–H and O–H groups in total. The van der Waals surface area contributed by atoms with Crippen LogP contribution < -0.4 is 16.2 Å². The minimum absolute atomic E-state index is 0.126. The molecule has 32 heavy (non-hydrogen) atoms. The van der Waals surface area contributed by atoms with Gasteiger partial charge in [-0.1, -0.05) is 6.08 Å². The minimum Gasteiger partial charge on any atom is -0.483 e. The van der Waals surface area contributed by atoms with Crippen LogP contribution in [0.2, 0.25) is 0 Å². The number of hydrogen-bond acceptors (Lipinski definition) is 6. The summed E-state index contributed by atoms with van der Waals surface area (Å²) in [5, 5.41) is 13.8. The van der Waals surface area contributed by atoms with Gasteiger partial charge in [-0.3, -0.25) is 4.79 Å². The number of halogens is 1. The van der Waals surface area contributed by atoms with Gasteiger partial charge in [-0.15, -0.1) is 0 Å². The zero-order valence-corrected chi connectivity index (χ0v) is 17.8. The van der Waals surface area contributed by atoms with Crippen LogP contribution in [0, 0.1) is 11.5 Å². The van der Waals surface area contributed by atoms with E-state index < -0.39 is 11.5 Å². The van der Waals surface area contributed by atoms with Gasteiger partial charge in [-0.25, -0.2) is 9.07 Å². The lowest BCUT2D eigenvalue weighted by Crippen LogP contribution is -2.34. The number of benzene rings is 1. The van der Waals surface area contributed by atoms with E-state index in [9.17, 15) is 14.4 Å². The molecule has 2 aromatic rings. The van der Waals surface area contributed by atoms with Gasteiger partial charge in [0.05, 0.1) is 12.6 Å². The Morgan fingerprint density at radius 3 is 2.78 bits per heavy atom. The van der Waals surface area contributed by atoms with Crippen LogP contribution in [0.3, 0.4) is 0 Å². The molecule has 1 amide bonds. The predicted molar refractivity (Wildman–Crippen MR) is 118 cm³/mol. The molecule has 2 heterocycles. The van der Waals surface area contributed by atoms with E-state index >= 15 is 0 Å². The third kappa shape index (κ3) is 4.17. The summed E-state index contributed by atoms with van der Waals surface area (Å²) in [6.45, 7) is 2.98. The lowest BCUT2D eigenvalue weighted by atomic mass is 9.96. The van der Waals surface area contributed by atoms with Crippen molar-refractivity contribution in [3.05, 3.63) is 53.9 Å². The minimum atomic E-state index is -0.779. The number of nitriles is 1. The highest BCUT2D eigenvalue weighted by Gasteiger charge is 2.29. The van der Waals surface area contributed by atoms with Crippen LogP contribution in [-0.4, -0.2) is 39.3 Å². The Morgan fingerprint density at radius 2 is 2.12 bits per heavy atom. The third-order valence-corrected chi connectivity index (χ3v) is 5.80. The van der Waals surface area contributed by atoms with Crippen LogP contribution in [0.4, 0.5) is 10.2 Å². The van der Waals surface area contributed by atoms with Crippen molar-refractivity contribution in [2.24, 2.45) is 5.73 Å². The number of aromatic nitrogens is 2. The quantitative estimate of drug-likeness (QED) is 0.693. The van der Waals surface area contributed by atoms with Crippen molar-refractivity contribution in [3.8, 4) is 23.2 Å². The Labute approximate surface area is 185 Å². The number of rotatable bonds is 5. The number of likely N-dealkylation sites (tertiary alicyclic amines) is 1. The van der Waals surface area contributed by atoms with E-state index in [4.69, 9.17) is 16.2 Å². The van der Waals surface area contributed by atoms with Gasteiger partial charge in [0.1, 0.15) is 34.3 Å². The van der Waals surface area contributed by atoms with E-state index in [2.05, 4.69) is 11.3 Å². The van der Waals surface area contributed by atoms with E-state index in [1.807, 2.05) is 13.0 Å². The summed E-state index contributed by atoms with van der Waals surface area (Å²) in [7, 11) is 0. The summed E-state index contributed by atoms with van der Waals surface area (Å²) in [5.41, 5.74) is 12.3. The zero-order chi connectivity index (χ0) is 22.9. The molecule has 4 rings (SSSR count). The summed E-state index contributed by atoms with van der Waals surface area (Å²) in [6, 6.07) is 6.88. The molecule has 1 saturated heterocycles. The zero-order valence-electron chi connectivity index (χ0n) is 17.8. The smallest absolute Gasteiger partial charge is 0.254 e. The number of allylic oxidation sites excluding steroid dienone is 2. The lowest BCUT2D eigenvalue weighted by molar-refractivity contribution is 0.100. The van der Waals surface area contributed by atoms with Crippen LogP contribution >= 0.6 is 0 Å². The SMILES string of the molecule is C[C@@]1(Oc2ccc(-c3nn(C4CCCN(C#N)C4)c(N)c3C(N)=O)cc2)C=CC=C(F)C1. The van der Waals surface area contributed by atoms with Gasteiger partial charge in [-0.2, -0.15) is 10.4 Å². The number of hydrogen-bond donors (Lipinski definition) is 2. The third-order valence-electron chi connectivity index (χ3n) is 5.80. The molecule has 2 atom stereocenters. The highest BCUT2D eigenvalue weighted by Crippen LogP contribution is 2.34. The summed E-state index contributed by atoms with van der Waals surface area (Å²) < 4.78 is 21.3. The van der Waals surface area contributed by atoms with E-state index in [1.165, 1.54) is 6.08 Å². The maximum atomic E-state index is 13.7. The lowest BCUT2D eigenvalue weighted by Gasteiger charge is -2.29. The number of carbonyl (C=O) groups excluding carboxylic acids is 1. The fraction of sp³-hybridized carbons (Fsp3) is 0.348. The monoisotopic (exact) mass is 436 g/mol. The second kappa shape index (κ2) is 8.38. The predicted octanol–water partition coefficient (Wildman–Crippen LogP) is 3.30. The van der Waals surface area contributed by atoms with Crippen molar-refractivity contribution in [1.29, 1.82) is 5.26 Å². The number of nitrogens with two attached hydrogens (primary N) is 2. The highest BCUT2D eigenvalue weighted by atomic mass is 19.1. The van der Waals surface area contributed by atoms with Gasteiger partial charge in [0.2, 0.25) is 0 Å². The molecule has 0 saturated carbocycles. The van der Waals surface area contributed by atoms with Crippen molar-refractivity contribution in [2.75, 3.05) is 18.8 Å². The van der Waals surface area contributed by atoms with Gasteiger partial charge in [0.15, 0.2) is 6.19 Å². The molecular weight excluding hydrogens is 411 g/mol. The van der Waals surface area contributed by atoms with E-state index in [0.717, 1.165) is 12.8 Å². The van der Waals surface area contributed by atoms with Crippen LogP contribution in [0.25, 0.3) is 11.3 Å². The number of amides is 1. The largest absolute Gasteiger partial charge is 0.483 e. The summed E-state index contributed by atoms with van der Waals surface area (Å²) in [4.78, 5) is 13.8. The Morgan fingerprint density at radius 1 is 1.38 bits per heavy atom. The molecule has 166 valence electrons. The van der Waals surface area contributed by atoms with Crippen molar-refractivity contribution in [3.63, 3.8) is 0 Å². The Bertz CT molecular complexity index is 1130. The fourth-order valence-electron chi connectivity index (χ4n) is 4.25. The second-order valence-electron chi connectivity index (χ2n) is 8.35. The number of ether oxygens (including phenoxy) is 1. The number of nitrogens with zero attached hydrogens (tertiary/aromatic N) is 4. The van der Waals surface area contributed by atoms with Gasteiger partial charge in [-0.05, 0) is 56.2 Å². The summed E-state index contributed by atoms with van der Waals surface area (Å²) in [6.07, 6.45) is 8.81. The van der Waals surface area contributed by atoms with Gasteiger partial charge >= 0.3 is 0 Å². The van der Waals surface area contributed by atoms with Crippen molar-refractivity contribution >= 4 is 11.7 Å². The number of primary amides is 1. The van der Waals surface area contributed by atoms with Gasteiger partial charge in [0, 0.05) is 18.5 Å². The topological polar surface area (TPSA) is 123 Å². The number of anilines is 1. The van der Waals surface area contributed by atoms with E-state index in [-0.39, 0.29) is 29.7 Å². The Hall–Kier alpha value is -3.80. The second-order valence-corrected chi connectivity index (χ2v) is 8.35. The molecule has 1 unspecified atom stereocenters. The van der Waals surface area contributed by atoms with Crippen LogP contribution in [0.5, 0.6) is 5.75 Å². The van der Waals surface area contributed by atoms with Crippen molar-refractivity contribution in [1.82, 2.24) is 14.7 Å². The van der Waals surface area contributed by atoms with Crippen molar-refractivity contribution in [2.45, 2.75) is 37.8 Å². The van der Waals surface area contributed by atoms with Crippen molar-refractivity contribution < 1.29 is 13.9 Å². The summed E-state index contributed by atoms with van der Waals surface area (Å²) >= 11 is 0. The standard InChI is InChI=1S/C23H25FN6O2/c1-23(10-2-4-16(24)12-23)32-18-8-6-15(7-9-18)20-19(22(27)31)21(26)30(28-20)17-5-3-11-29(13-17)14-25/h2,4,6-10,17H,3,5,11-13,26H2,1H3,(H2,27,31)/t17?,23-/m1/s1. The van der Waals surface area contributed by atoms with Crippen LogP contribution in [0.15, 0.2) is 48.3 Å². The maximum Gasteiger partial charge on any atom is 0.254 e. The Balaban J connectivity index is 1.62. The molecule has 1 aliphatic carbocycles. The molecule has 8 nitrogen and oxygen atoms in total. The molecule has 2 aliphatic rings. The molecule has 0 radical (unpaired) electrons.